The quantitative estimate of drug-likeness (QED) is 0.490. The van der Waals surface area contributed by atoms with Crippen molar-refractivity contribution in [2.24, 2.45) is 5.73 Å². The summed E-state index contributed by atoms with van der Waals surface area (Å²) in [5, 5.41) is 8.89. The molecule has 9 heteroatoms. The minimum Gasteiger partial charge on any atom is -0.379 e. The molecule has 2 aromatic carbocycles. The van der Waals surface area contributed by atoms with E-state index < -0.39 is 5.91 Å². The Morgan fingerprint density at radius 1 is 1.16 bits per heavy atom. The average Bonchev–Trinajstić information content (AvgIpc) is 3.16. The van der Waals surface area contributed by atoms with E-state index in [0.29, 0.717) is 29.9 Å². The number of nitrogens with zero attached hydrogens (tertiary/aromatic N) is 2. The smallest absolute Gasteiger partial charge is 0.270 e. The van der Waals surface area contributed by atoms with Gasteiger partial charge in [0.2, 0.25) is 5.91 Å². The second-order valence-electron chi connectivity index (χ2n) is 7.05. The van der Waals surface area contributed by atoms with Crippen LogP contribution in [0.25, 0.3) is 10.8 Å². The monoisotopic (exact) mass is 437 g/mol. The first-order valence-corrected chi connectivity index (χ1v) is 10.7. The fourth-order valence-corrected chi connectivity index (χ4v) is 4.16. The predicted octanol–water partition coefficient (Wildman–Crippen LogP) is 2.97. The Balaban J connectivity index is 1.43. The van der Waals surface area contributed by atoms with Crippen molar-refractivity contribution in [2.75, 3.05) is 43.5 Å². The standard InChI is InChI=1S/C22H23N5O3S/c23-20(29)19-21(25-18(28)6-3-9-27-10-12-30-13-11-27)31-22(26-19)24-17-8-7-15-4-1-2-5-16(15)14-17/h1-8,14H,9-13H2,(H2,23,29)(H,24,26)(H,25,28)/b6-3+. The van der Waals surface area contributed by atoms with Gasteiger partial charge in [0, 0.05) is 31.4 Å². The molecule has 1 aromatic heterocycles. The average molecular weight is 438 g/mol. The summed E-state index contributed by atoms with van der Waals surface area (Å²) in [5.74, 6) is -1.04. The second-order valence-corrected chi connectivity index (χ2v) is 8.05. The molecule has 0 radical (unpaired) electrons. The van der Waals surface area contributed by atoms with E-state index in [9.17, 15) is 9.59 Å². The molecule has 0 spiro atoms. The van der Waals surface area contributed by atoms with Crippen molar-refractivity contribution in [2.45, 2.75) is 0 Å². The second kappa shape index (κ2) is 9.69. The molecule has 0 aliphatic carbocycles. The molecule has 0 bridgehead atoms. The molecule has 1 aliphatic rings. The van der Waals surface area contributed by atoms with Gasteiger partial charge in [-0.2, -0.15) is 0 Å². The highest BCUT2D eigenvalue weighted by atomic mass is 32.1. The number of hydrogen-bond acceptors (Lipinski definition) is 7. The van der Waals surface area contributed by atoms with Crippen LogP contribution in [0.4, 0.5) is 15.8 Å². The number of benzene rings is 2. The van der Waals surface area contributed by atoms with Gasteiger partial charge >= 0.3 is 0 Å². The van der Waals surface area contributed by atoms with Gasteiger partial charge in [-0.15, -0.1) is 0 Å². The van der Waals surface area contributed by atoms with E-state index in [1.165, 1.54) is 6.08 Å². The number of hydrogen-bond donors (Lipinski definition) is 3. The van der Waals surface area contributed by atoms with E-state index in [-0.39, 0.29) is 11.6 Å². The molecular formula is C22H23N5O3S. The number of thiazole rings is 1. The maximum Gasteiger partial charge on any atom is 0.270 e. The Labute approximate surface area is 183 Å². The molecule has 2 heterocycles. The molecule has 2 amide bonds. The van der Waals surface area contributed by atoms with E-state index in [2.05, 4.69) is 20.5 Å². The Hall–Kier alpha value is -3.27. The van der Waals surface area contributed by atoms with Gasteiger partial charge in [-0.05, 0) is 22.9 Å². The van der Waals surface area contributed by atoms with E-state index in [0.717, 1.165) is 40.9 Å². The lowest BCUT2D eigenvalue weighted by Crippen LogP contribution is -2.36. The molecule has 4 rings (SSSR count). The number of primary amides is 1. The number of amides is 2. The van der Waals surface area contributed by atoms with Crippen LogP contribution in [0.5, 0.6) is 0 Å². The van der Waals surface area contributed by atoms with Crippen molar-refractivity contribution >= 4 is 49.7 Å². The zero-order valence-corrected chi connectivity index (χ0v) is 17.7. The van der Waals surface area contributed by atoms with Gasteiger partial charge in [-0.3, -0.25) is 14.5 Å². The van der Waals surface area contributed by atoms with Crippen molar-refractivity contribution in [3.63, 3.8) is 0 Å². The van der Waals surface area contributed by atoms with Crippen LogP contribution in [0.15, 0.2) is 54.6 Å². The van der Waals surface area contributed by atoms with Crippen LogP contribution in [0.1, 0.15) is 10.5 Å². The first kappa shape index (κ1) is 21.0. The maximum atomic E-state index is 12.3. The normalized spacial score (nSPS) is 14.7. The third kappa shape index (κ3) is 5.46. The largest absolute Gasteiger partial charge is 0.379 e. The molecule has 4 N–H and O–H groups in total. The number of ether oxygens (including phenoxy) is 1. The number of carbonyl (C=O) groups excluding carboxylic acids is 2. The van der Waals surface area contributed by atoms with Gasteiger partial charge in [-0.25, -0.2) is 4.98 Å². The summed E-state index contributed by atoms with van der Waals surface area (Å²) in [4.78, 5) is 30.6. The summed E-state index contributed by atoms with van der Waals surface area (Å²) in [5.41, 5.74) is 6.32. The molecule has 0 unspecified atom stereocenters. The first-order chi connectivity index (χ1) is 15.1. The Morgan fingerprint density at radius 3 is 2.71 bits per heavy atom. The highest BCUT2D eigenvalue weighted by molar-refractivity contribution is 7.20. The Kier molecular flexibility index (Phi) is 6.56. The molecule has 0 atom stereocenters. The van der Waals surface area contributed by atoms with E-state index >= 15 is 0 Å². The van der Waals surface area contributed by atoms with Crippen LogP contribution in [0.3, 0.4) is 0 Å². The Bertz CT molecular complexity index is 1120. The van der Waals surface area contributed by atoms with E-state index in [4.69, 9.17) is 10.5 Å². The van der Waals surface area contributed by atoms with Crippen molar-refractivity contribution in [1.82, 2.24) is 9.88 Å². The van der Waals surface area contributed by atoms with Gasteiger partial charge in [0.15, 0.2) is 10.8 Å². The van der Waals surface area contributed by atoms with Gasteiger partial charge in [-0.1, -0.05) is 47.7 Å². The molecule has 3 aromatic rings. The topological polar surface area (TPSA) is 110 Å². The number of morpholine rings is 1. The predicted molar refractivity (Wildman–Crippen MR) is 123 cm³/mol. The fourth-order valence-electron chi connectivity index (χ4n) is 3.26. The van der Waals surface area contributed by atoms with Crippen LogP contribution in [0.2, 0.25) is 0 Å². The number of nitrogens with one attached hydrogen (secondary N) is 2. The summed E-state index contributed by atoms with van der Waals surface area (Å²) < 4.78 is 5.31. The number of aromatic nitrogens is 1. The Morgan fingerprint density at radius 2 is 1.94 bits per heavy atom. The minimum atomic E-state index is -0.699. The molecule has 8 nitrogen and oxygen atoms in total. The zero-order chi connectivity index (χ0) is 21.6. The van der Waals surface area contributed by atoms with Crippen molar-refractivity contribution in [1.29, 1.82) is 0 Å². The molecular weight excluding hydrogens is 414 g/mol. The maximum absolute atomic E-state index is 12.3. The number of carbonyl (C=O) groups is 2. The van der Waals surface area contributed by atoms with Gasteiger partial charge in [0.25, 0.3) is 5.91 Å². The molecule has 1 fully saturated rings. The van der Waals surface area contributed by atoms with Gasteiger partial charge in [0.1, 0.15) is 5.00 Å². The van der Waals surface area contributed by atoms with Gasteiger partial charge in [0.05, 0.1) is 13.2 Å². The highest BCUT2D eigenvalue weighted by Crippen LogP contribution is 2.31. The van der Waals surface area contributed by atoms with Crippen LogP contribution >= 0.6 is 11.3 Å². The summed E-state index contributed by atoms with van der Waals surface area (Å²) in [7, 11) is 0. The van der Waals surface area contributed by atoms with Crippen LogP contribution < -0.4 is 16.4 Å². The van der Waals surface area contributed by atoms with E-state index in [1.807, 2.05) is 42.5 Å². The summed E-state index contributed by atoms with van der Waals surface area (Å²) in [6, 6.07) is 13.9. The summed E-state index contributed by atoms with van der Waals surface area (Å²) in [6.45, 7) is 3.76. The summed E-state index contributed by atoms with van der Waals surface area (Å²) >= 11 is 1.16. The van der Waals surface area contributed by atoms with Crippen LogP contribution in [-0.4, -0.2) is 54.5 Å². The molecule has 0 saturated carbocycles. The third-order valence-corrected chi connectivity index (χ3v) is 5.72. The number of anilines is 3. The molecule has 1 aliphatic heterocycles. The molecule has 31 heavy (non-hydrogen) atoms. The SMILES string of the molecule is NC(=O)c1nc(Nc2ccc3ccccc3c2)sc1NC(=O)/C=C/CN1CCOCC1. The third-order valence-electron chi connectivity index (χ3n) is 4.83. The van der Waals surface area contributed by atoms with Crippen molar-refractivity contribution < 1.29 is 14.3 Å². The van der Waals surface area contributed by atoms with Gasteiger partial charge < -0.3 is 21.1 Å². The highest BCUT2D eigenvalue weighted by Gasteiger charge is 2.18. The van der Waals surface area contributed by atoms with Crippen molar-refractivity contribution in [3.8, 4) is 0 Å². The molecule has 1 saturated heterocycles. The lowest BCUT2D eigenvalue weighted by atomic mass is 10.1. The van der Waals surface area contributed by atoms with Crippen LogP contribution in [-0.2, 0) is 9.53 Å². The van der Waals surface area contributed by atoms with E-state index in [1.54, 1.807) is 6.08 Å². The zero-order valence-electron chi connectivity index (χ0n) is 16.8. The summed E-state index contributed by atoms with van der Waals surface area (Å²) in [6.07, 6.45) is 3.25. The number of fused-ring (bicyclic) bond motifs is 1. The first-order valence-electron chi connectivity index (χ1n) is 9.92. The van der Waals surface area contributed by atoms with Crippen molar-refractivity contribution in [3.05, 3.63) is 60.3 Å². The van der Waals surface area contributed by atoms with Crippen LogP contribution in [0, 0.1) is 0 Å². The minimum absolute atomic E-state index is 0.0308. The fraction of sp³-hybridized carbons (Fsp3) is 0.227. The number of nitrogens with two attached hydrogens (primary N) is 1. The lowest BCUT2D eigenvalue weighted by Gasteiger charge is -2.24. The molecule has 160 valence electrons. The number of rotatable bonds is 7. The lowest BCUT2D eigenvalue weighted by molar-refractivity contribution is -0.111.